The van der Waals surface area contributed by atoms with Crippen LogP contribution < -0.4 is 0 Å². The zero-order chi connectivity index (χ0) is 23.1. The SMILES string of the molecule is CCOC(=O)N1CCN(C(=O)OC2CCC3(CO3)C(C3(C)OC3CC=C(C)C)C2C)CC1. The van der Waals surface area contributed by atoms with Crippen LogP contribution in [0.5, 0.6) is 0 Å². The number of carbonyl (C=O) groups excluding carboxylic acids is 2. The molecule has 1 aliphatic carbocycles. The van der Waals surface area contributed by atoms with Gasteiger partial charge in [-0.15, -0.1) is 0 Å². The van der Waals surface area contributed by atoms with Gasteiger partial charge in [-0.25, -0.2) is 9.59 Å². The van der Waals surface area contributed by atoms with E-state index in [-0.39, 0.29) is 47.4 Å². The number of hydrogen-bond donors (Lipinski definition) is 0. The van der Waals surface area contributed by atoms with Gasteiger partial charge >= 0.3 is 12.2 Å². The Morgan fingerprint density at radius 3 is 2.31 bits per heavy atom. The first-order valence-corrected chi connectivity index (χ1v) is 12.0. The van der Waals surface area contributed by atoms with Crippen LogP contribution in [0.1, 0.15) is 53.9 Å². The fourth-order valence-electron chi connectivity index (χ4n) is 5.79. The molecule has 0 aromatic rings. The molecule has 4 aliphatic rings. The Morgan fingerprint density at radius 1 is 1.12 bits per heavy atom. The molecule has 4 fully saturated rings. The van der Waals surface area contributed by atoms with Crippen LogP contribution in [0.2, 0.25) is 0 Å². The number of rotatable bonds is 5. The minimum absolute atomic E-state index is 0.123. The highest BCUT2D eigenvalue weighted by atomic mass is 16.6. The number of carbonyl (C=O) groups is 2. The first kappa shape index (κ1) is 23.4. The monoisotopic (exact) mass is 450 g/mol. The minimum Gasteiger partial charge on any atom is -0.450 e. The largest absolute Gasteiger partial charge is 0.450 e. The van der Waals surface area contributed by atoms with Gasteiger partial charge in [-0.3, -0.25) is 0 Å². The summed E-state index contributed by atoms with van der Waals surface area (Å²) in [5.41, 5.74) is 0.937. The summed E-state index contributed by atoms with van der Waals surface area (Å²) >= 11 is 0. The van der Waals surface area contributed by atoms with Gasteiger partial charge < -0.3 is 28.7 Å². The molecule has 0 aromatic heterocycles. The van der Waals surface area contributed by atoms with Gasteiger partial charge in [0.1, 0.15) is 6.10 Å². The van der Waals surface area contributed by atoms with Crippen molar-refractivity contribution < 1.29 is 28.5 Å². The van der Waals surface area contributed by atoms with E-state index in [0.717, 1.165) is 25.9 Å². The summed E-state index contributed by atoms with van der Waals surface area (Å²) in [5.74, 6) is 0.357. The van der Waals surface area contributed by atoms with Crippen LogP contribution in [0.15, 0.2) is 11.6 Å². The van der Waals surface area contributed by atoms with Crippen molar-refractivity contribution in [1.82, 2.24) is 9.80 Å². The zero-order valence-electron chi connectivity index (χ0n) is 20.1. The second-order valence-corrected chi connectivity index (χ2v) is 10.1. The molecule has 2 amide bonds. The van der Waals surface area contributed by atoms with Crippen molar-refractivity contribution in [1.29, 1.82) is 0 Å². The Kier molecular flexibility index (Phi) is 6.47. The molecule has 6 unspecified atom stereocenters. The summed E-state index contributed by atoms with van der Waals surface area (Å²) in [6, 6.07) is 0. The van der Waals surface area contributed by atoms with Crippen molar-refractivity contribution >= 4 is 12.2 Å². The molecule has 180 valence electrons. The van der Waals surface area contributed by atoms with Gasteiger partial charge in [-0.2, -0.15) is 0 Å². The second kappa shape index (κ2) is 8.86. The first-order valence-electron chi connectivity index (χ1n) is 12.0. The average molecular weight is 451 g/mol. The standard InChI is InChI=1S/C24H38N2O6/c1-6-29-21(27)25-11-13-26(14-12-25)22(28)31-18-9-10-24(15-30-24)20(17(18)4)23(5)19(32-23)8-7-16(2)3/h7,17-20H,6,8-15H2,1-5H3. The summed E-state index contributed by atoms with van der Waals surface area (Å²) in [6.45, 7) is 13.3. The van der Waals surface area contributed by atoms with E-state index in [0.29, 0.717) is 32.8 Å². The van der Waals surface area contributed by atoms with Crippen molar-refractivity contribution in [2.45, 2.75) is 77.3 Å². The van der Waals surface area contributed by atoms with Crippen LogP contribution in [0.3, 0.4) is 0 Å². The van der Waals surface area contributed by atoms with Crippen LogP contribution in [-0.2, 0) is 18.9 Å². The quantitative estimate of drug-likeness (QED) is 0.470. The first-order chi connectivity index (χ1) is 15.2. The third-order valence-corrected chi connectivity index (χ3v) is 7.70. The molecule has 1 spiro atoms. The summed E-state index contributed by atoms with van der Waals surface area (Å²) < 4.78 is 23.3. The van der Waals surface area contributed by atoms with Gasteiger partial charge in [0.15, 0.2) is 0 Å². The predicted molar refractivity (Wildman–Crippen MR) is 118 cm³/mol. The zero-order valence-corrected chi connectivity index (χ0v) is 20.1. The molecular weight excluding hydrogens is 412 g/mol. The van der Waals surface area contributed by atoms with Gasteiger partial charge in [0.05, 0.1) is 30.5 Å². The molecule has 6 atom stereocenters. The average Bonchev–Trinajstić information content (AvgIpc) is 3.67. The third kappa shape index (κ3) is 4.49. The van der Waals surface area contributed by atoms with Gasteiger partial charge in [0, 0.05) is 38.0 Å². The lowest BCUT2D eigenvalue weighted by Crippen LogP contribution is -2.54. The molecular formula is C24H38N2O6. The fourth-order valence-corrected chi connectivity index (χ4v) is 5.79. The predicted octanol–water partition coefficient (Wildman–Crippen LogP) is 3.59. The lowest BCUT2D eigenvalue weighted by atomic mass is 9.64. The number of piperazine rings is 1. The van der Waals surface area contributed by atoms with Crippen LogP contribution in [0.4, 0.5) is 9.59 Å². The smallest absolute Gasteiger partial charge is 0.410 e. The van der Waals surface area contributed by atoms with Crippen LogP contribution in [-0.4, -0.2) is 84.8 Å². The lowest BCUT2D eigenvalue weighted by Gasteiger charge is -2.43. The van der Waals surface area contributed by atoms with Crippen LogP contribution in [0.25, 0.3) is 0 Å². The molecule has 0 N–H and O–H groups in total. The molecule has 8 heteroatoms. The minimum atomic E-state index is -0.320. The highest BCUT2D eigenvalue weighted by Gasteiger charge is 2.70. The van der Waals surface area contributed by atoms with Crippen LogP contribution >= 0.6 is 0 Å². The van der Waals surface area contributed by atoms with Crippen molar-refractivity contribution in [3.05, 3.63) is 11.6 Å². The number of allylic oxidation sites excluding steroid dienone is 1. The molecule has 0 aromatic carbocycles. The fraction of sp³-hybridized carbons (Fsp3) is 0.833. The molecule has 0 radical (unpaired) electrons. The molecule has 3 aliphatic heterocycles. The number of amides is 2. The Hall–Kier alpha value is -1.80. The second-order valence-electron chi connectivity index (χ2n) is 10.1. The number of ether oxygens (including phenoxy) is 4. The Bertz CT molecular complexity index is 754. The highest BCUT2D eigenvalue weighted by Crippen LogP contribution is 2.60. The Balaban J connectivity index is 1.35. The Morgan fingerprint density at radius 2 is 1.75 bits per heavy atom. The van der Waals surface area contributed by atoms with Crippen molar-refractivity contribution in [2.75, 3.05) is 39.4 Å². The Labute approximate surface area is 191 Å². The van der Waals surface area contributed by atoms with Gasteiger partial charge in [0.25, 0.3) is 0 Å². The number of epoxide rings is 2. The summed E-state index contributed by atoms with van der Waals surface area (Å²) in [6.07, 6.45) is 4.27. The third-order valence-electron chi connectivity index (χ3n) is 7.70. The van der Waals surface area contributed by atoms with E-state index in [9.17, 15) is 9.59 Å². The maximum Gasteiger partial charge on any atom is 0.410 e. The van der Waals surface area contributed by atoms with Crippen molar-refractivity contribution in [3.8, 4) is 0 Å². The normalized spacial score (nSPS) is 38.3. The lowest BCUT2D eigenvalue weighted by molar-refractivity contribution is -0.0526. The van der Waals surface area contributed by atoms with Crippen molar-refractivity contribution in [2.24, 2.45) is 11.8 Å². The summed E-state index contributed by atoms with van der Waals surface area (Å²) in [4.78, 5) is 28.1. The number of hydrogen-bond acceptors (Lipinski definition) is 6. The van der Waals surface area contributed by atoms with E-state index < -0.39 is 0 Å². The maximum atomic E-state index is 12.9. The molecule has 1 saturated carbocycles. The molecule has 3 saturated heterocycles. The van der Waals surface area contributed by atoms with Crippen LogP contribution in [0, 0.1) is 11.8 Å². The molecule has 4 rings (SSSR count). The van der Waals surface area contributed by atoms with Gasteiger partial charge in [-0.05, 0) is 47.0 Å². The van der Waals surface area contributed by atoms with E-state index >= 15 is 0 Å². The van der Waals surface area contributed by atoms with Crippen molar-refractivity contribution in [3.63, 3.8) is 0 Å². The van der Waals surface area contributed by atoms with E-state index in [4.69, 9.17) is 18.9 Å². The molecule has 8 nitrogen and oxygen atoms in total. The molecule has 32 heavy (non-hydrogen) atoms. The molecule has 3 heterocycles. The molecule has 0 bridgehead atoms. The van der Waals surface area contributed by atoms with Gasteiger partial charge in [-0.1, -0.05) is 18.6 Å². The van der Waals surface area contributed by atoms with E-state index in [1.54, 1.807) is 16.7 Å². The number of nitrogens with zero attached hydrogens (tertiary/aromatic N) is 2. The van der Waals surface area contributed by atoms with Gasteiger partial charge in [0.2, 0.25) is 0 Å². The maximum absolute atomic E-state index is 12.9. The van der Waals surface area contributed by atoms with E-state index in [1.807, 2.05) is 0 Å². The topological polar surface area (TPSA) is 84.1 Å². The van der Waals surface area contributed by atoms with E-state index in [2.05, 4.69) is 33.8 Å². The summed E-state index contributed by atoms with van der Waals surface area (Å²) in [7, 11) is 0. The highest BCUT2D eigenvalue weighted by molar-refractivity contribution is 5.70. The summed E-state index contributed by atoms with van der Waals surface area (Å²) in [5, 5.41) is 0. The van der Waals surface area contributed by atoms with E-state index in [1.165, 1.54) is 5.57 Å².